The number of aryl methyl sites for hydroxylation is 1. The van der Waals surface area contributed by atoms with E-state index in [1.54, 1.807) is 13.0 Å². The van der Waals surface area contributed by atoms with Crippen LogP contribution in [0, 0.1) is 17.0 Å². The van der Waals surface area contributed by atoms with Gasteiger partial charge in [-0.05, 0) is 40.7 Å². The Balaban J connectivity index is 1.98. The zero-order valence-corrected chi connectivity index (χ0v) is 14.0. The Hall–Kier alpha value is -2.40. The lowest BCUT2D eigenvalue weighted by molar-refractivity contribution is -0.388. The van der Waals surface area contributed by atoms with E-state index in [0.717, 1.165) is 11.8 Å². The lowest BCUT2D eigenvalue weighted by atomic mass is 10.2. The summed E-state index contributed by atoms with van der Waals surface area (Å²) in [5.41, 5.74) is 0.554. The maximum absolute atomic E-state index is 11.1. The highest BCUT2D eigenvalue weighted by molar-refractivity contribution is 9.10. The molecule has 0 aromatic carbocycles. The van der Waals surface area contributed by atoms with Crippen LogP contribution in [0.3, 0.4) is 0 Å². The van der Waals surface area contributed by atoms with E-state index >= 15 is 0 Å². The molecule has 118 valence electrons. The zero-order chi connectivity index (χ0) is 16.6. The summed E-state index contributed by atoms with van der Waals surface area (Å²) in [6, 6.07) is 3.09. The number of furan rings is 1. The molecule has 0 bridgehead atoms. The van der Waals surface area contributed by atoms with E-state index in [9.17, 15) is 10.1 Å². The van der Waals surface area contributed by atoms with Crippen LogP contribution >= 0.6 is 27.7 Å². The Kier molecular flexibility index (Phi) is 4.05. The van der Waals surface area contributed by atoms with Crippen LogP contribution in [0.25, 0.3) is 11.4 Å². The van der Waals surface area contributed by atoms with Gasteiger partial charge in [0.05, 0.1) is 16.7 Å². The van der Waals surface area contributed by atoms with Gasteiger partial charge in [0, 0.05) is 16.7 Å². The van der Waals surface area contributed by atoms with Crippen molar-refractivity contribution in [3.63, 3.8) is 0 Å². The number of nitrogens with zero attached hydrogens (tertiary/aromatic N) is 5. The Morgan fingerprint density at radius 1 is 1.48 bits per heavy atom. The number of pyridine rings is 1. The summed E-state index contributed by atoms with van der Waals surface area (Å²) in [6.45, 7) is 1.78. The molecule has 3 rings (SSSR count). The molecule has 2 N–H and O–H groups in total. The van der Waals surface area contributed by atoms with E-state index in [-0.39, 0.29) is 15.9 Å². The van der Waals surface area contributed by atoms with Crippen molar-refractivity contribution in [3.8, 4) is 11.4 Å². The van der Waals surface area contributed by atoms with Crippen LogP contribution in [-0.4, -0.2) is 24.8 Å². The van der Waals surface area contributed by atoms with Crippen molar-refractivity contribution in [1.29, 1.82) is 0 Å². The van der Waals surface area contributed by atoms with Crippen LogP contribution in [0.15, 0.2) is 43.7 Å². The highest BCUT2D eigenvalue weighted by Gasteiger charge is 2.22. The van der Waals surface area contributed by atoms with Crippen LogP contribution in [-0.2, 0) is 0 Å². The summed E-state index contributed by atoms with van der Waals surface area (Å²) >= 11 is 4.12. The fraction of sp³-hybridized carbons (Fsp3) is 0.0833. The van der Waals surface area contributed by atoms with Crippen molar-refractivity contribution in [2.24, 2.45) is 0 Å². The molecule has 0 spiro atoms. The molecule has 23 heavy (non-hydrogen) atoms. The quantitative estimate of drug-likeness (QED) is 0.405. The standard InChI is InChI=1S/C12H9BrN6O3S/c1-6-8(2-3-22-6)10-16-17-12(18(10)14)23-11-9(19(20)21)4-7(13)5-15-11/h2-5H,14H2,1H3. The molecule has 3 heterocycles. The van der Waals surface area contributed by atoms with Crippen molar-refractivity contribution < 1.29 is 9.34 Å². The van der Waals surface area contributed by atoms with Gasteiger partial charge in [-0.3, -0.25) is 10.1 Å². The first-order valence-electron chi connectivity index (χ1n) is 6.20. The molecule has 0 radical (unpaired) electrons. The molecule has 3 aromatic rings. The summed E-state index contributed by atoms with van der Waals surface area (Å²) in [4.78, 5) is 14.7. The number of halogens is 1. The average Bonchev–Trinajstić information content (AvgIpc) is 3.07. The van der Waals surface area contributed by atoms with E-state index in [2.05, 4.69) is 31.1 Å². The smallest absolute Gasteiger partial charge is 0.302 e. The summed E-state index contributed by atoms with van der Waals surface area (Å²) in [7, 11) is 0. The van der Waals surface area contributed by atoms with Crippen molar-refractivity contribution >= 4 is 33.4 Å². The van der Waals surface area contributed by atoms with E-state index in [0.29, 0.717) is 21.6 Å². The van der Waals surface area contributed by atoms with Gasteiger partial charge in [0.2, 0.25) is 5.16 Å². The Morgan fingerprint density at radius 2 is 2.26 bits per heavy atom. The van der Waals surface area contributed by atoms with Gasteiger partial charge in [0.15, 0.2) is 10.9 Å². The number of aromatic nitrogens is 4. The van der Waals surface area contributed by atoms with Gasteiger partial charge in [-0.25, -0.2) is 9.66 Å². The van der Waals surface area contributed by atoms with Crippen LogP contribution in [0.5, 0.6) is 0 Å². The molecule has 0 amide bonds. The highest BCUT2D eigenvalue weighted by atomic mass is 79.9. The molecule has 3 aromatic heterocycles. The molecule has 0 aliphatic rings. The SMILES string of the molecule is Cc1occc1-c1nnc(Sc2ncc(Br)cc2[N+](=O)[O-])n1N. The predicted molar refractivity (Wildman–Crippen MR) is 85.3 cm³/mol. The minimum atomic E-state index is -0.515. The third kappa shape index (κ3) is 2.92. The number of nitrogens with two attached hydrogens (primary N) is 1. The normalized spacial score (nSPS) is 10.9. The second kappa shape index (κ2) is 6.01. The van der Waals surface area contributed by atoms with Gasteiger partial charge in [0.1, 0.15) is 5.76 Å². The van der Waals surface area contributed by atoms with Gasteiger partial charge in [-0.1, -0.05) is 0 Å². The van der Waals surface area contributed by atoms with Gasteiger partial charge in [-0.2, -0.15) is 0 Å². The lowest BCUT2D eigenvalue weighted by Crippen LogP contribution is -2.11. The molecule has 11 heteroatoms. The third-order valence-electron chi connectivity index (χ3n) is 2.95. The van der Waals surface area contributed by atoms with Gasteiger partial charge >= 0.3 is 5.69 Å². The maximum atomic E-state index is 11.1. The summed E-state index contributed by atoms with van der Waals surface area (Å²) in [5, 5.41) is 19.6. The Bertz CT molecular complexity index is 893. The Labute approximate surface area is 142 Å². The summed E-state index contributed by atoms with van der Waals surface area (Å²) in [5.74, 6) is 7.04. The molecule has 0 aliphatic carbocycles. The van der Waals surface area contributed by atoms with E-state index in [4.69, 9.17) is 10.3 Å². The largest absolute Gasteiger partial charge is 0.469 e. The second-order valence-corrected chi connectivity index (χ2v) is 6.28. The van der Waals surface area contributed by atoms with Crippen molar-refractivity contribution in [2.75, 3.05) is 5.84 Å². The van der Waals surface area contributed by atoms with E-state index < -0.39 is 4.92 Å². The van der Waals surface area contributed by atoms with Crippen molar-refractivity contribution in [3.05, 3.63) is 44.9 Å². The van der Waals surface area contributed by atoms with Gasteiger partial charge < -0.3 is 10.3 Å². The van der Waals surface area contributed by atoms with Crippen LogP contribution in [0.4, 0.5) is 5.69 Å². The first-order valence-corrected chi connectivity index (χ1v) is 7.81. The average molecular weight is 397 g/mol. The number of nitro groups is 1. The Morgan fingerprint density at radius 3 is 2.91 bits per heavy atom. The van der Waals surface area contributed by atoms with Crippen molar-refractivity contribution in [1.82, 2.24) is 19.9 Å². The van der Waals surface area contributed by atoms with Crippen LogP contribution in [0.1, 0.15) is 5.76 Å². The molecule has 0 aliphatic heterocycles. The van der Waals surface area contributed by atoms with Crippen LogP contribution < -0.4 is 5.84 Å². The lowest BCUT2D eigenvalue weighted by Gasteiger charge is -2.03. The monoisotopic (exact) mass is 396 g/mol. The fourth-order valence-corrected chi connectivity index (χ4v) is 2.96. The first kappa shape index (κ1) is 15.5. The van der Waals surface area contributed by atoms with Crippen LogP contribution in [0.2, 0.25) is 0 Å². The maximum Gasteiger partial charge on any atom is 0.302 e. The molecule has 0 unspecified atom stereocenters. The van der Waals surface area contributed by atoms with Crippen molar-refractivity contribution in [2.45, 2.75) is 17.1 Å². The summed E-state index contributed by atoms with van der Waals surface area (Å²) < 4.78 is 6.97. The van der Waals surface area contributed by atoms with E-state index in [1.807, 2.05) is 0 Å². The van der Waals surface area contributed by atoms with E-state index in [1.165, 1.54) is 23.2 Å². The minimum absolute atomic E-state index is 0.145. The zero-order valence-electron chi connectivity index (χ0n) is 11.6. The number of hydrogen-bond donors (Lipinski definition) is 1. The molecular weight excluding hydrogens is 388 g/mol. The highest BCUT2D eigenvalue weighted by Crippen LogP contribution is 2.34. The minimum Gasteiger partial charge on any atom is -0.469 e. The first-order chi connectivity index (χ1) is 11.0. The molecule has 0 fully saturated rings. The number of nitrogen functional groups attached to an aromatic ring is 1. The molecule has 0 saturated heterocycles. The summed E-state index contributed by atoms with van der Waals surface area (Å²) in [6.07, 6.45) is 2.99. The topological polar surface area (TPSA) is 126 Å². The molecule has 9 nitrogen and oxygen atoms in total. The second-order valence-electron chi connectivity index (χ2n) is 4.40. The number of rotatable bonds is 4. The number of hydrogen-bond acceptors (Lipinski definition) is 8. The van der Waals surface area contributed by atoms with Gasteiger partial charge in [0.25, 0.3) is 0 Å². The molecule has 0 atom stereocenters. The molecule has 0 saturated carbocycles. The fourth-order valence-electron chi connectivity index (χ4n) is 1.86. The van der Waals surface area contributed by atoms with Gasteiger partial charge in [-0.15, -0.1) is 10.2 Å². The predicted octanol–water partition coefficient (Wildman–Crippen LogP) is 2.78. The third-order valence-corrected chi connectivity index (χ3v) is 4.35. The molecular formula is C12H9BrN6O3S.